The molecule has 1 saturated carbocycles. The van der Waals surface area contributed by atoms with Gasteiger partial charge in [-0.2, -0.15) is 9.61 Å². The molecule has 0 unspecified atom stereocenters. The molecule has 2 aliphatic rings. The summed E-state index contributed by atoms with van der Waals surface area (Å²) in [5, 5.41) is 18.4. The van der Waals surface area contributed by atoms with Gasteiger partial charge in [0.1, 0.15) is 5.01 Å². The minimum atomic E-state index is 0.209. The molecular formula is C15H23N5S. The van der Waals surface area contributed by atoms with E-state index in [0.29, 0.717) is 5.92 Å². The van der Waals surface area contributed by atoms with Crippen molar-refractivity contribution in [3.05, 3.63) is 10.8 Å². The third-order valence-corrected chi connectivity index (χ3v) is 6.41. The van der Waals surface area contributed by atoms with E-state index in [-0.39, 0.29) is 5.41 Å². The molecule has 2 fully saturated rings. The first-order valence-electron chi connectivity index (χ1n) is 8.20. The zero-order chi connectivity index (χ0) is 14.3. The second-order valence-electron chi connectivity index (χ2n) is 6.81. The van der Waals surface area contributed by atoms with Crippen LogP contribution in [-0.2, 0) is 5.41 Å². The van der Waals surface area contributed by atoms with Crippen molar-refractivity contribution in [1.82, 2.24) is 25.1 Å². The van der Waals surface area contributed by atoms with Gasteiger partial charge in [0.05, 0.1) is 0 Å². The van der Waals surface area contributed by atoms with E-state index in [0.717, 1.165) is 36.7 Å². The first-order valence-corrected chi connectivity index (χ1v) is 9.01. The normalized spacial score (nSPS) is 23.7. The number of piperidine rings is 1. The lowest BCUT2D eigenvalue weighted by molar-refractivity contribution is 0.331. The van der Waals surface area contributed by atoms with Gasteiger partial charge in [-0.1, -0.05) is 37.5 Å². The summed E-state index contributed by atoms with van der Waals surface area (Å²) in [7, 11) is 0. The number of nitrogens with one attached hydrogen (secondary N) is 1. The minimum Gasteiger partial charge on any atom is -0.317 e. The highest BCUT2D eigenvalue weighted by molar-refractivity contribution is 7.16. The third kappa shape index (κ3) is 2.38. The number of nitrogens with zero attached hydrogens (tertiary/aromatic N) is 4. The van der Waals surface area contributed by atoms with Crippen molar-refractivity contribution in [2.24, 2.45) is 0 Å². The Morgan fingerprint density at radius 3 is 2.67 bits per heavy atom. The average molecular weight is 305 g/mol. The van der Waals surface area contributed by atoms with Crippen molar-refractivity contribution in [3.63, 3.8) is 0 Å². The molecule has 0 aromatic carbocycles. The molecule has 1 aliphatic carbocycles. The van der Waals surface area contributed by atoms with Gasteiger partial charge >= 0.3 is 0 Å². The molecule has 1 N–H and O–H groups in total. The third-order valence-electron chi connectivity index (χ3n) is 5.21. The molecule has 0 radical (unpaired) electrons. The van der Waals surface area contributed by atoms with Crippen molar-refractivity contribution in [2.75, 3.05) is 13.1 Å². The number of fused-ring (bicyclic) bond motifs is 1. The molecule has 4 rings (SSSR count). The smallest absolute Gasteiger partial charge is 0.234 e. The van der Waals surface area contributed by atoms with E-state index in [1.165, 1.54) is 37.1 Å². The van der Waals surface area contributed by atoms with Crippen molar-refractivity contribution in [1.29, 1.82) is 0 Å². The summed E-state index contributed by atoms with van der Waals surface area (Å²) in [5.41, 5.74) is 0.209. The molecule has 0 bridgehead atoms. The van der Waals surface area contributed by atoms with Crippen LogP contribution in [0.5, 0.6) is 0 Å². The van der Waals surface area contributed by atoms with Gasteiger partial charge < -0.3 is 5.32 Å². The summed E-state index contributed by atoms with van der Waals surface area (Å²) in [6, 6.07) is 0. The predicted octanol–water partition coefficient (Wildman–Crippen LogP) is 2.87. The van der Waals surface area contributed by atoms with E-state index < -0.39 is 0 Å². The van der Waals surface area contributed by atoms with Crippen LogP contribution in [0, 0.1) is 0 Å². The van der Waals surface area contributed by atoms with Crippen LogP contribution in [0.15, 0.2) is 0 Å². The van der Waals surface area contributed by atoms with Crippen LogP contribution in [0.25, 0.3) is 4.96 Å². The monoisotopic (exact) mass is 305 g/mol. The summed E-state index contributed by atoms with van der Waals surface area (Å²) in [4.78, 5) is 0.977. The topological polar surface area (TPSA) is 55.1 Å². The first-order chi connectivity index (χ1) is 10.3. The molecule has 6 heteroatoms. The van der Waals surface area contributed by atoms with E-state index >= 15 is 0 Å². The summed E-state index contributed by atoms with van der Waals surface area (Å²) in [6.07, 6.45) is 8.82. The molecule has 1 aliphatic heterocycles. The van der Waals surface area contributed by atoms with Crippen LogP contribution in [0.1, 0.15) is 68.6 Å². The van der Waals surface area contributed by atoms with Gasteiger partial charge in [0.2, 0.25) is 4.96 Å². The van der Waals surface area contributed by atoms with Gasteiger partial charge in [0, 0.05) is 11.3 Å². The Hall–Kier alpha value is -1.01. The zero-order valence-electron chi connectivity index (χ0n) is 12.6. The second kappa shape index (κ2) is 5.32. The number of hydrogen-bond acceptors (Lipinski definition) is 5. The van der Waals surface area contributed by atoms with Gasteiger partial charge in [-0.05, 0) is 38.8 Å². The number of aromatic nitrogens is 4. The summed E-state index contributed by atoms with van der Waals surface area (Å²) in [5.74, 6) is 1.66. The van der Waals surface area contributed by atoms with Gasteiger partial charge in [0.15, 0.2) is 5.82 Å². The second-order valence-corrected chi connectivity index (χ2v) is 7.76. The fourth-order valence-corrected chi connectivity index (χ4v) is 4.73. The van der Waals surface area contributed by atoms with Gasteiger partial charge in [0.25, 0.3) is 0 Å². The maximum Gasteiger partial charge on any atom is 0.234 e. The molecule has 2 aromatic heterocycles. The largest absolute Gasteiger partial charge is 0.317 e. The van der Waals surface area contributed by atoms with Crippen LogP contribution in [0.2, 0.25) is 0 Å². The standard InChI is InChI=1S/C15H23N5S/c1-15(7-9-16-10-8-15)13-19-20-12(17-18-14(20)21-13)11-5-3-2-4-6-11/h11,16H,2-10H2,1H3. The van der Waals surface area contributed by atoms with E-state index in [1.807, 2.05) is 4.52 Å². The van der Waals surface area contributed by atoms with Crippen molar-refractivity contribution < 1.29 is 0 Å². The van der Waals surface area contributed by atoms with Gasteiger partial charge in [-0.15, -0.1) is 10.2 Å². The Morgan fingerprint density at radius 1 is 1.14 bits per heavy atom. The zero-order valence-corrected chi connectivity index (χ0v) is 13.5. The Balaban J connectivity index is 1.68. The molecule has 0 atom stereocenters. The molecule has 0 spiro atoms. The molecule has 1 saturated heterocycles. The molecule has 114 valence electrons. The molecule has 21 heavy (non-hydrogen) atoms. The van der Waals surface area contributed by atoms with Gasteiger partial charge in [-0.25, -0.2) is 0 Å². The molecule has 5 nitrogen and oxygen atoms in total. The number of hydrogen-bond donors (Lipinski definition) is 1. The fraction of sp³-hybridized carbons (Fsp3) is 0.800. The lowest BCUT2D eigenvalue weighted by atomic mass is 9.82. The highest BCUT2D eigenvalue weighted by Crippen LogP contribution is 2.37. The van der Waals surface area contributed by atoms with Crippen molar-refractivity contribution >= 4 is 16.3 Å². The molecule has 0 amide bonds. The Kier molecular flexibility index (Phi) is 3.46. The SMILES string of the molecule is CC1(c2nn3c(C4CCCCC4)nnc3s2)CCNCC1. The summed E-state index contributed by atoms with van der Waals surface area (Å²) in [6.45, 7) is 4.53. The first kappa shape index (κ1) is 13.6. The van der Waals surface area contributed by atoms with Crippen molar-refractivity contribution in [3.8, 4) is 0 Å². The van der Waals surface area contributed by atoms with Crippen LogP contribution in [0.3, 0.4) is 0 Å². The maximum absolute atomic E-state index is 4.93. The lowest BCUT2D eigenvalue weighted by Crippen LogP contribution is -2.37. The van der Waals surface area contributed by atoms with E-state index in [9.17, 15) is 0 Å². The molecule has 2 aromatic rings. The van der Waals surface area contributed by atoms with Gasteiger partial charge in [-0.3, -0.25) is 0 Å². The fourth-order valence-electron chi connectivity index (χ4n) is 3.68. The van der Waals surface area contributed by atoms with Crippen LogP contribution in [-0.4, -0.2) is 32.9 Å². The Morgan fingerprint density at radius 2 is 1.90 bits per heavy atom. The quantitative estimate of drug-likeness (QED) is 0.927. The van der Waals surface area contributed by atoms with E-state index in [4.69, 9.17) is 5.10 Å². The highest BCUT2D eigenvalue weighted by atomic mass is 32.1. The van der Waals surface area contributed by atoms with E-state index in [1.54, 1.807) is 11.3 Å². The van der Waals surface area contributed by atoms with Crippen LogP contribution >= 0.6 is 11.3 Å². The average Bonchev–Trinajstić information content (AvgIpc) is 3.09. The van der Waals surface area contributed by atoms with Crippen LogP contribution in [0.4, 0.5) is 0 Å². The maximum atomic E-state index is 4.93. The van der Waals surface area contributed by atoms with Crippen molar-refractivity contribution in [2.45, 2.75) is 63.2 Å². The lowest BCUT2D eigenvalue weighted by Gasteiger charge is -2.31. The number of rotatable bonds is 2. The minimum absolute atomic E-state index is 0.209. The highest BCUT2D eigenvalue weighted by Gasteiger charge is 2.33. The van der Waals surface area contributed by atoms with E-state index in [2.05, 4.69) is 22.4 Å². The molecule has 3 heterocycles. The Bertz CT molecular complexity index is 619. The molecular weight excluding hydrogens is 282 g/mol. The van der Waals surface area contributed by atoms with Crippen LogP contribution < -0.4 is 5.32 Å². The summed E-state index contributed by atoms with van der Waals surface area (Å²) >= 11 is 1.74. The Labute approximate surface area is 129 Å². The predicted molar refractivity (Wildman–Crippen MR) is 83.9 cm³/mol. The summed E-state index contributed by atoms with van der Waals surface area (Å²) < 4.78 is 2.04.